The van der Waals surface area contributed by atoms with Gasteiger partial charge in [-0.2, -0.15) is 0 Å². The second kappa shape index (κ2) is 9.76. The van der Waals surface area contributed by atoms with Gasteiger partial charge < -0.3 is 24.3 Å². The average Bonchev–Trinajstić information content (AvgIpc) is 2.97. The summed E-state index contributed by atoms with van der Waals surface area (Å²) in [5, 5.41) is 11.6. The normalized spacial score (nSPS) is 11.5. The molecular formula is C18H28N6O2. The third-order valence-corrected chi connectivity index (χ3v) is 4.10. The summed E-state index contributed by atoms with van der Waals surface area (Å²) < 4.78 is 12.5. The van der Waals surface area contributed by atoms with Crippen molar-refractivity contribution < 1.29 is 9.47 Å². The fraction of sp³-hybridized carbons (Fsp3) is 0.500. The van der Waals surface area contributed by atoms with Gasteiger partial charge in [0.15, 0.2) is 11.8 Å². The van der Waals surface area contributed by atoms with E-state index >= 15 is 0 Å². The highest BCUT2D eigenvalue weighted by molar-refractivity contribution is 5.79. The topological polar surface area (TPSA) is 76.8 Å². The molecule has 0 atom stereocenters. The van der Waals surface area contributed by atoms with E-state index in [1.807, 2.05) is 49.9 Å². The minimum atomic E-state index is 0.447. The highest BCUT2D eigenvalue weighted by atomic mass is 16.5. The van der Waals surface area contributed by atoms with Crippen LogP contribution >= 0.6 is 0 Å². The van der Waals surface area contributed by atoms with Crippen LogP contribution in [-0.2, 0) is 24.9 Å². The van der Waals surface area contributed by atoms with Gasteiger partial charge in [-0.1, -0.05) is 18.2 Å². The Labute approximate surface area is 154 Å². The molecule has 8 heteroatoms. The molecule has 0 amide bonds. The van der Waals surface area contributed by atoms with Crippen LogP contribution in [0.2, 0.25) is 0 Å². The fourth-order valence-electron chi connectivity index (χ4n) is 2.47. The number of aliphatic imine (C=N–C) groups is 1. The molecule has 0 radical (unpaired) electrons. The molecule has 0 fully saturated rings. The third-order valence-electron chi connectivity index (χ3n) is 4.10. The van der Waals surface area contributed by atoms with Crippen LogP contribution < -0.4 is 10.1 Å². The van der Waals surface area contributed by atoms with Crippen molar-refractivity contribution in [1.29, 1.82) is 0 Å². The van der Waals surface area contributed by atoms with E-state index in [-0.39, 0.29) is 0 Å². The SMILES string of the molecule is COCCNC(=NCc1nnc(C)n1C)N(C)Cc1ccccc1OC. The first-order valence-corrected chi connectivity index (χ1v) is 8.52. The molecule has 1 N–H and O–H groups in total. The van der Waals surface area contributed by atoms with Gasteiger partial charge in [0.1, 0.15) is 18.1 Å². The molecule has 0 aliphatic rings. The minimum absolute atomic E-state index is 0.447. The van der Waals surface area contributed by atoms with Crippen molar-refractivity contribution in [2.45, 2.75) is 20.0 Å². The lowest BCUT2D eigenvalue weighted by Gasteiger charge is -2.23. The quantitative estimate of drug-likeness (QED) is 0.435. The van der Waals surface area contributed by atoms with Crippen molar-refractivity contribution in [2.75, 3.05) is 34.4 Å². The number of hydrogen-bond acceptors (Lipinski definition) is 5. The van der Waals surface area contributed by atoms with Gasteiger partial charge in [-0.3, -0.25) is 0 Å². The second-order valence-corrected chi connectivity index (χ2v) is 5.95. The Morgan fingerprint density at radius 2 is 2.04 bits per heavy atom. The number of aromatic nitrogens is 3. The first-order chi connectivity index (χ1) is 12.6. The maximum atomic E-state index is 5.44. The Hall–Kier alpha value is -2.61. The number of methoxy groups -OCH3 is 2. The Kier molecular flexibility index (Phi) is 7.40. The molecule has 142 valence electrons. The molecule has 26 heavy (non-hydrogen) atoms. The molecule has 0 saturated carbocycles. The zero-order valence-corrected chi connectivity index (χ0v) is 16.2. The van der Waals surface area contributed by atoms with E-state index in [0.717, 1.165) is 28.9 Å². The van der Waals surface area contributed by atoms with Crippen LogP contribution in [0.5, 0.6) is 5.75 Å². The van der Waals surface area contributed by atoms with Crippen molar-refractivity contribution in [3.8, 4) is 5.75 Å². The highest BCUT2D eigenvalue weighted by Gasteiger charge is 2.11. The number of rotatable bonds is 8. The van der Waals surface area contributed by atoms with Crippen LogP contribution in [0.15, 0.2) is 29.3 Å². The molecule has 0 spiro atoms. The van der Waals surface area contributed by atoms with E-state index in [1.165, 1.54) is 0 Å². The predicted octanol–water partition coefficient (Wildman–Crippen LogP) is 1.36. The molecule has 0 aliphatic carbocycles. The van der Waals surface area contributed by atoms with Crippen LogP contribution in [0.1, 0.15) is 17.2 Å². The first-order valence-electron chi connectivity index (χ1n) is 8.52. The van der Waals surface area contributed by atoms with Gasteiger partial charge in [0.05, 0.1) is 13.7 Å². The van der Waals surface area contributed by atoms with Crippen LogP contribution in [0.3, 0.4) is 0 Å². The van der Waals surface area contributed by atoms with Crippen molar-refractivity contribution >= 4 is 5.96 Å². The summed E-state index contributed by atoms with van der Waals surface area (Å²) in [6, 6.07) is 7.97. The lowest BCUT2D eigenvalue weighted by molar-refractivity contribution is 0.203. The Morgan fingerprint density at radius 3 is 2.69 bits per heavy atom. The Balaban J connectivity index is 2.14. The molecule has 0 bridgehead atoms. The van der Waals surface area contributed by atoms with Crippen LogP contribution in [0.4, 0.5) is 0 Å². The van der Waals surface area contributed by atoms with Gasteiger partial charge in [-0.25, -0.2) is 4.99 Å². The molecule has 0 aliphatic heterocycles. The van der Waals surface area contributed by atoms with E-state index in [9.17, 15) is 0 Å². The molecule has 1 aromatic heterocycles. The molecular weight excluding hydrogens is 332 g/mol. The number of ether oxygens (including phenoxy) is 2. The summed E-state index contributed by atoms with van der Waals surface area (Å²) in [6.07, 6.45) is 0. The highest BCUT2D eigenvalue weighted by Crippen LogP contribution is 2.18. The number of hydrogen-bond donors (Lipinski definition) is 1. The van der Waals surface area contributed by atoms with Gasteiger partial charge >= 0.3 is 0 Å². The van der Waals surface area contributed by atoms with E-state index in [4.69, 9.17) is 14.5 Å². The molecule has 0 saturated heterocycles. The zero-order valence-electron chi connectivity index (χ0n) is 16.2. The van der Waals surface area contributed by atoms with Crippen molar-refractivity contribution in [3.63, 3.8) is 0 Å². The number of benzene rings is 1. The van der Waals surface area contributed by atoms with Gasteiger partial charge in [-0.05, 0) is 13.0 Å². The van der Waals surface area contributed by atoms with Crippen molar-refractivity contribution in [1.82, 2.24) is 25.0 Å². The smallest absolute Gasteiger partial charge is 0.194 e. The zero-order chi connectivity index (χ0) is 18.9. The summed E-state index contributed by atoms with van der Waals surface area (Å²) in [6.45, 7) is 4.31. The van der Waals surface area contributed by atoms with Crippen LogP contribution in [0.25, 0.3) is 0 Å². The number of para-hydroxylation sites is 1. The molecule has 1 aromatic carbocycles. The van der Waals surface area contributed by atoms with Crippen LogP contribution in [0, 0.1) is 6.92 Å². The standard InChI is InChI=1S/C18H28N6O2/c1-14-21-22-17(24(14)3)12-20-18(19-10-11-25-4)23(2)13-15-8-6-7-9-16(15)26-5/h6-9H,10-13H2,1-5H3,(H,19,20). The van der Waals surface area contributed by atoms with E-state index in [0.29, 0.717) is 26.2 Å². The summed E-state index contributed by atoms with van der Waals surface area (Å²) in [5.74, 6) is 3.32. The maximum Gasteiger partial charge on any atom is 0.194 e. The number of nitrogens with one attached hydrogen (secondary N) is 1. The number of aryl methyl sites for hydroxylation is 1. The summed E-state index contributed by atoms with van der Waals surface area (Å²) in [7, 11) is 7.30. The maximum absolute atomic E-state index is 5.44. The Morgan fingerprint density at radius 1 is 1.27 bits per heavy atom. The lowest BCUT2D eigenvalue weighted by Crippen LogP contribution is -2.40. The molecule has 2 rings (SSSR count). The van der Waals surface area contributed by atoms with Gasteiger partial charge in [0, 0.05) is 39.9 Å². The molecule has 8 nitrogen and oxygen atoms in total. The number of nitrogens with zero attached hydrogens (tertiary/aromatic N) is 5. The number of guanidine groups is 1. The summed E-state index contributed by atoms with van der Waals surface area (Å²) in [5.41, 5.74) is 1.09. The van der Waals surface area contributed by atoms with E-state index in [2.05, 4.69) is 20.4 Å². The largest absolute Gasteiger partial charge is 0.496 e. The minimum Gasteiger partial charge on any atom is -0.496 e. The second-order valence-electron chi connectivity index (χ2n) is 5.95. The van der Waals surface area contributed by atoms with E-state index in [1.54, 1.807) is 14.2 Å². The molecule has 1 heterocycles. The summed E-state index contributed by atoms with van der Waals surface area (Å²) >= 11 is 0. The predicted molar refractivity (Wildman–Crippen MR) is 101 cm³/mol. The van der Waals surface area contributed by atoms with Gasteiger partial charge in [0.25, 0.3) is 0 Å². The average molecular weight is 360 g/mol. The van der Waals surface area contributed by atoms with E-state index < -0.39 is 0 Å². The lowest BCUT2D eigenvalue weighted by atomic mass is 10.2. The third kappa shape index (κ3) is 5.19. The molecule has 2 aromatic rings. The summed E-state index contributed by atoms with van der Waals surface area (Å²) in [4.78, 5) is 6.76. The monoisotopic (exact) mass is 360 g/mol. The van der Waals surface area contributed by atoms with Gasteiger partial charge in [-0.15, -0.1) is 10.2 Å². The van der Waals surface area contributed by atoms with Crippen LogP contribution in [-0.4, -0.2) is 60.0 Å². The fourth-order valence-corrected chi connectivity index (χ4v) is 2.47. The Bertz CT molecular complexity index is 728. The van der Waals surface area contributed by atoms with Gasteiger partial charge in [0.2, 0.25) is 0 Å². The first kappa shape index (κ1) is 19.7. The van der Waals surface area contributed by atoms with Crippen molar-refractivity contribution in [3.05, 3.63) is 41.5 Å². The van der Waals surface area contributed by atoms with Crippen molar-refractivity contribution in [2.24, 2.45) is 12.0 Å². The molecule has 0 unspecified atom stereocenters.